The van der Waals surface area contributed by atoms with E-state index in [1.807, 2.05) is 4.90 Å². The minimum Gasteiger partial charge on any atom is -0.481 e. The molecule has 2 atom stereocenters. The summed E-state index contributed by atoms with van der Waals surface area (Å²) in [5.41, 5.74) is 0. The number of unbranched alkanes of at least 4 members (excludes halogenated alkanes) is 1. The van der Waals surface area contributed by atoms with Crippen LogP contribution in [0.2, 0.25) is 0 Å². The summed E-state index contributed by atoms with van der Waals surface area (Å²) in [5.74, 6) is -1.36. The minimum atomic E-state index is -0.815. The molecule has 4 nitrogen and oxygen atoms in total. The van der Waals surface area contributed by atoms with Gasteiger partial charge in [-0.05, 0) is 25.7 Å². The molecule has 2 rings (SSSR count). The molecule has 0 aromatic heterocycles. The predicted octanol–water partition coefficient (Wildman–Crippen LogP) is 1.50. The van der Waals surface area contributed by atoms with Crippen molar-refractivity contribution in [3.05, 3.63) is 0 Å². The van der Waals surface area contributed by atoms with Crippen molar-refractivity contribution in [3.63, 3.8) is 0 Å². The van der Waals surface area contributed by atoms with Gasteiger partial charge in [0.15, 0.2) is 0 Å². The number of hydrogen-bond donors (Lipinski definition) is 1. The third-order valence-corrected chi connectivity index (χ3v) is 3.45. The van der Waals surface area contributed by atoms with E-state index in [0.717, 1.165) is 32.2 Å². The molecule has 0 aliphatic heterocycles. The molecule has 0 radical (unpaired) electrons. The van der Waals surface area contributed by atoms with Gasteiger partial charge in [0.05, 0.1) is 11.8 Å². The smallest absolute Gasteiger partial charge is 0.307 e. The Kier molecular flexibility index (Phi) is 3.17. The number of carboxylic acids is 1. The Hall–Kier alpha value is -1.06. The quantitative estimate of drug-likeness (QED) is 0.745. The van der Waals surface area contributed by atoms with Crippen LogP contribution >= 0.6 is 0 Å². The van der Waals surface area contributed by atoms with Crippen molar-refractivity contribution in [3.8, 4) is 0 Å². The normalized spacial score (nSPS) is 27.6. The number of hydrogen-bond acceptors (Lipinski definition) is 2. The molecular formula is C12H19NO3. The van der Waals surface area contributed by atoms with Crippen molar-refractivity contribution in [2.24, 2.45) is 11.8 Å². The van der Waals surface area contributed by atoms with Gasteiger partial charge in [-0.25, -0.2) is 0 Å². The van der Waals surface area contributed by atoms with Gasteiger partial charge >= 0.3 is 5.97 Å². The zero-order valence-electron chi connectivity index (χ0n) is 9.69. The molecule has 0 saturated heterocycles. The standard InChI is InChI=1S/C12H19NO3/c1-2-3-6-13(8-4-5-8)11(14)9-7-10(9)12(15)16/h8-10H,2-7H2,1H3,(H,15,16). The Bertz CT molecular complexity index is 299. The maximum Gasteiger partial charge on any atom is 0.307 e. The highest BCUT2D eigenvalue weighted by atomic mass is 16.4. The first-order valence-corrected chi connectivity index (χ1v) is 6.18. The lowest BCUT2D eigenvalue weighted by Crippen LogP contribution is -2.35. The Balaban J connectivity index is 1.88. The highest BCUT2D eigenvalue weighted by Gasteiger charge is 2.51. The zero-order chi connectivity index (χ0) is 11.7. The van der Waals surface area contributed by atoms with E-state index in [0.29, 0.717) is 12.5 Å². The van der Waals surface area contributed by atoms with E-state index in [1.54, 1.807) is 0 Å². The SMILES string of the molecule is CCCCN(C(=O)C1CC1C(=O)O)C1CC1. The number of rotatable bonds is 6. The third kappa shape index (κ3) is 2.36. The molecule has 4 heteroatoms. The second-order valence-electron chi connectivity index (χ2n) is 4.90. The highest BCUT2D eigenvalue weighted by molar-refractivity contribution is 5.89. The summed E-state index contributed by atoms with van der Waals surface area (Å²) >= 11 is 0. The van der Waals surface area contributed by atoms with Gasteiger partial charge in [-0.2, -0.15) is 0 Å². The van der Waals surface area contributed by atoms with Crippen LogP contribution < -0.4 is 0 Å². The summed E-state index contributed by atoms with van der Waals surface area (Å²) in [6.07, 6.45) is 4.83. The van der Waals surface area contributed by atoms with Gasteiger partial charge in [0.1, 0.15) is 0 Å². The van der Waals surface area contributed by atoms with Crippen LogP contribution in [0.3, 0.4) is 0 Å². The first kappa shape index (κ1) is 11.4. The Morgan fingerprint density at radius 2 is 2.00 bits per heavy atom. The van der Waals surface area contributed by atoms with Crippen molar-refractivity contribution in [1.82, 2.24) is 4.90 Å². The maximum absolute atomic E-state index is 12.1. The first-order valence-electron chi connectivity index (χ1n) is 6.18. The number of carbonyl (C=O) groups is 2. The van der Waals surface area contributed by atoms with E-state index in [2.05, 4.69) is 6.92 Å². The van der Waals surface area contributed by atoms with Gasteiger partial charge in [-0.3, -0.25) is 9.59 Å². The summed E-state index contributed by atoms with van der Waals surface area (Å²) in [6.45, 7) is 2.91. The van der Waals surface area contributed by atoms with Crippen LogP contribution in [-0.2, 0) is 9.59 Å². The highest BCUT2D eigenvalue weighted by Crippen LogP contribution is 2.42. The monoisotopic (exact) mass is 225 g/mol. The second-order valence-corrected chi connectivity index (χ2v) is 4.90. The fourth-order valence-corrected chi connectivity index (χ4v) is 2.14. The average molecular weight is 225 g/mol. The molecule has 0 heterocycles. The molecule has 1 amide bonds. The van der Waals surface area contributed by atoms with Crippen LogP contribution in [0.15, 0.2) is 0 Å². The number of aliphatic carboxylic acids is 1. The van der Waals surface area contributed by atoms with E-state index in [4.69, 9.17) is 5.11 Å². The number of nitrogens with zero attached hydrogens (tertiary/aromatic N) is 1. The van der Waals surface area contributed by atoms with Crippen LogP contribution in [-0.4, -0.2) is 34.5 Å². The lowest BCUT2D eigenvalue weighted by molar-refractivity contribution is -0.142. The van der Waals surface area contributed by atoms with E-state index < -0.39 is 11.9 Å². The van der Waals surface area contributed by atoms with Gasteiger partial charge in [-0.1, -0.05) is 13.3 Å². The molecule has 16 heavy (non-hydrogen) atoms. The lowest BCUT2D eigenvalue weighted by atomic mass is 10.2. The van der Waals surface area contributed by atoms with Crippen molar-refractivity contribution >= 4 is 11.9 Å². The van der Waals surface area contributed by atoms with Crippen molar-refractivity contribution in [2.45, 2.75) is 45.1 Å². The van der Waals surface area contributed by atoms with Crippen LogP contribution in [0.1, 0.15) is 39.0 Å². The van der Waals surface area contributed by atoms with Gasteiger partial charge in [0, 0.05) is 12.6 Å². The van der Waals surface area contributed by atoms with Crippen LogP contribution in [0.5, 0.6) is 0 Å². The fourth-order valence-electron chi connectivity index (χ4n) is 2.14. The van der Waals surface area contributed by atoms with Crippen LogP contribution in [0.25, 0.3) is 0 Å². The number of amides is 1. The largest absolute Gasteiger partial charge is 0.481 e. The van der Waals surface area contributed by atoms with E-state index in [-0.39, 0.29) is 11.8 Å². The summed E-state index contributed by atoms with van der Waals surface area (Å²) < 4.78 is 0. The fraction of sp³-hybridized carbons (Fsp3) is 0.833. The van der Waals surface area contributed by atoms with Crippen LogP contribution in [0, 0.1) is 11.8 Å². The van der Waals surface area contributed by atoms with Crippen LogP contribution in [0.4, 0.5) is 0 Å². The van der Waals surface area contributed by atoms with Gasteiger partial charge in [0.25, 0.3) is 0 Å². The zero-order valence-corrected chi connectivity index (χ0v) is 9.69. The number of carbonyl (C=O) groups excluding carboxylic acids is 1. The van der Waals surface area contributed by atoms with Gasteiger partial charge in [0.2, 0.25) is 5.91 Å². The molecule has 2 fully saturated rings. The van der Waals surface area contributed by atoms with Crippen molar-refractivity contribution < 1.29 is 14.7 Å². The lowest BCUT2D eigenvalue weighted by Gasteiger charge is -2.22. The molecule has 0 aromatic carbocycles. The van der Waals surface area contributed by atoms with E-state index in [9.17, 15) is 9.59 Å². The topological polar surface area (TPSA) is 57.6 Å². The number of carboxylic acid groups (broad SMARTS) is 1. The molecule has 1 N–H and O–H groups in total. The Labute approximate surface area is 95.6 Å². The molecule has 0 bridgehead atoms. The van der Waals surface area contributed by atoms with E-state index in [1.165, 1.54) is 0 Å². The molecule has 2 unspecified atom stereocenters. The minimum absolute atomic E-state index is 0.0864. The summed E-state index contributed by atoms with van der Waals surface area (Å²) in [6, 6.07) is 0.411. The summed E-state index contributed by atoms with van der Waals surface area (Å²) in [4.78, 5) is 24.7. The molecule has 0 spiro atoms. The first-order chi connectivity index (χ1) is 7.65. The van der Waals surface area contributed by atoms with Crippen molar-refractivity contribution in [2.75, 3.05) is 6.54 Å². The summed E-state index contributed by atoms with van der Waals surface area (Å²) in [5, 5.41) is 8.81. The van der Waals surface area contributed by atoms with Gasteiger partial charge in [-0.15, -0.1) is 0 Å². The van der Waals surface area contributed by atoms with Gasteiger partial charge < -0.3 is 10.0 Å². The second kappa shape index (κ2) is 4.44. The van der Waals surface area contributed by atoms with Crippen molar-refractivity contribution in [1.29, 1.82) is 0 Å². The summed E-state index contributed by atoms with van der Waals surface area (Å²) in [7, 11) is 0. The third-order valence-electron chi connectivity index (χ3n) is 3.45. The van der Waals surface area contributed by atoms with E-state index >= 15 is 0 Å². The average Bonchev–Trinajstić information content (AvgIpc) is 3.10. The Morgan fingerprint density at radius 1 is 1.31 bits per heavy atom. The Morgan fingerprint density at radius 3 is 2.44 bits per heavy atom. The molecule has 2 aliphatic carbocycles. The molecule has 90 valence electrons. The maximum atomic E-state index is 12.1. The molecule has 2 saturated carbocycles. The predicted molar refractivity (Wildman–Crippen MR) is 58.9 cm³/mol. The molecule has 2 aliphatic rings. The molecular weight excluding hydrogens is 206 g/mol. The molecule has 0 aromatic rings.